The minimum atomic E-state index is -0.439. The summed E-state index contributed by atoms with van der Waals surface area (Å²) in [6.45, 7) is 1.02. The van der Waals surface area contributed by atoms with Gasteiger partial charge in [-0.05, 0) is 37.9 Å². The first kappa shape index (κ1) is 15.7. The number of hydrogen-bond donors (Lipinski definition) is 2. The lowest BCUT2D eigenvalue weighted by Crippen LogP contribution is -2.26. The Morgan fingerprint density at radius 1 is 1.43 bits per heavy atom. The topological polar surface area (TPSA) is 84.3 Å². The van der Waals surface area contributed by atoms with E-state index in [-0.39, 0.29) is 11.6 Å². The Labute approximate surface area is 128 Å². The molecule has 21 heavy (non-hydrogen) atoms. The van der Waals surface area contributed by atoms with E-state index in [1.54, 1.807) is 12.1 Å². The van der Waals surface area contributed by atoms with Crippen molar-refractivity contribution in [3.63, 3.8) is 0 Å². The third-order valence-corrected chi connectivity index (χ3v) is 3.49. The number of nitro groups is 1. The largest absolute Gasteiger partial charge is 0.353 e. The Kier molecular flexibility index (Phi) is 5.52. The molecule has 1 aliphatic rings. The molecule has 0 aromatic heterocycles. The number of hydrogen-bond acceptors (Lipinski definition) is 4. The summed E-state index contributed by atoms with van der Waals surface area (Å²) in [6.07, 6.45) is 3.36. The molecule has 7 heteroatoms. The van der Waals surface area contributed by atoms with E-state index in [4.69, 9.17) is 11.6 Å². The lowest BCUT2D eigenvalue weighted by molar-refractivity contribution is -0.385. The molecule has 114 valence electrons. The van der Waals surface area contributed by atoms with Gasteiger partial charge in [0, 0.05) is 35.7 Å². The maximum Gasteiger partial charge on any atom is 0.275 e. The summed E-state index contributed by atoms with van der Waals surface area (Å²) in [6, 6.07) is 5.02. The molecule has 0 radical (unpaired) electrons. The average Bonchev–Trinajstić information content (AvgIpc) is 3.23. The molecule has 2 rings (SSSR count). The summed E-state index contributed by atoms with van der Waals surface area (Å²) in [5.74, 6) is 0.0803. The first-order valence-electron chi connectivity index (χ1n) is 6.99. The molecule has 1 aromatic rings. The third-order valence-electron chi connectivity index (χ3n) is 3.26. The van der Waals surface area contributed by atoms with Gasteiger partial charge in [-0.1, -0.05) is 11.6 Å². The molecule has 1 saturated carbocycles. The summed E-state index contributed by atoms with van der Waals surface area (Å²) in [4.78, 5) is 22.0. The number of carbonyl (C=O) groups excluding carboxylic acids is 1. The van der Waals surface area contributed by atoms with Gasteiger partial charge >= 0.3 is 0 Å². The van der Waals surface area contributed by atoms with Gasteiger partial charge in [-0.15, -0.1) is 0 Å². The van der Waals surface area contributed by atoms with Gasteiger partial charge in [0.2, 0.25) is 5.91 Å². The quantitative estimate of drug-likeness (QED) is 0.438. The Bertz CT molecular complexity index is 532. The Hall–Kier alpha value is -1.66. The molecule has 1 aromatic carbocycles. The highest BCUT2D eigenvalue weighted by Crippen LogP contribution is 2.23. The van der Waals surface area contributed by atoms with Crippen molar-refractivity contribution < 1.29 is 9.72 Å². The van der Waals surface area contributed by atoms with Crippen molar-refractivity contribution in [1.82, 2.24) is 10.6 Å². The van der Waals surface area contributed by atoms with E-state index in [2.05, 4.69) is 10.6 Å². The van der Waals surface area contributed by atoms with E-state index in [0.717, 1.165) is 12.8 Å². The zero-order valence-corrected chi connectivity index (χ0v) is 12.4. The van der Waals surface area contributed by atoms with Gasteiger partial charge < -0.3 is 10.6 Å². The van der Waals surface area contributed by atoms with E-state index in [0.29, 0.717) is 42.6 Å². The molecule has 2 N–H and O–H groups in total. The monoisotopic (exact) mass is 311 g/mol. The molecule has 0 aliphatic heterocycles. The maximum absolute atomic E-state index is 11.5. The van der Waals surface area contributed by atoms with E-state index in [9.17, 15) is 14.9 Å². The van der Waals surface area contributed by atoms with Gasteiger partial charge in [0.05, 0.1) is 4.92 Å². The molecule has 1 amide bonds. The SMILES string of the molecule is O=C(CCCNCc1ccc(Cl)cc1[N+](=O)[O-])NC1CC1. The van der Waals surface area contributed by atoms with E-state index >= 15 is 0 Å². The van der Waals surface area contributed by atoms with Crippen LogP contribution in [0, 0.1) is 10.1 Å². The molecule has 0 atom stereocenters. The molecular weight excluding hydrogens is 294 g/mol. The number of nitro benzene ring substituents is 1. The number of benzene rings is 1. The van der Waals surface area contributed by atoms with Crippen molar-refractivity contribution in [2.45, 2.75) is 38.3 Å². The minimum absolute atomic E-state index is 0.0153. The lowest BCUT2D eigenvalue weighted by atomic mass is 10.2. The van der Waals surface area contributed by atoms with Gasteiger partial charge in [-0.2, -0.15) is 0 Å². The molecule has 0 heterocycles. The first-order valence-corrected chi connectivity index (χ1v) is 7.37. The predicted molar refractivity (Wildman–Crippen MR) is 80.2 cm³/mol. The Balaban J connectivity index is 1.70. The molecule has 0 spiro atoms. The van der Waals surface area contributed by atoms with Crippen LogP contribution in [0.25, 0.3) is 0 Å². The van der Waals surface area contributed by atoms with Crippen LogP contribution in [-0.4, -0.2) is 23.4 Å². The molecule has 6 nitrogen and oxygen atoms in total. The average molecular weight is 312 g/mol. The van der Waals surface area contributed by atoms with Gasteiger partial charge in [0.1, 0.15) is 0 Å². The predicted octanol–water partition coefficient (Wildman–Crippen LogP) is 2.40. The lowest BCUT2D eigenvalue weighted by Gasteiger charge is -2.06. The molecule has 1 aliphatic carbocycles. The van der Waals surface area contributed by atoms with Crippen molar-refractivity contribution in [3.8, 4) is 0 Å². The van der Waals surface area contributed by atoms with Gasteiger partial charge in [0.15, 0.2) is 0 Å². The fourth-order valence-electron chi connectivity index (χ4n) is 1.98. The fourth-order valence-corrected chi connectivity index (χ4v) is 2.15. The summed E-state index contributed by atoms with van der Waals surface area (Å²) in [5.41, 5.74) is 0.605. The zero-order chi connectivity index (χ0) is 15.2. The second kappa shape index (κ2) is 7.38. The van der Waals surface area contributed by atoms with E-state index < -0.39 is 4.92 Å². The standard InChI is InChI=1S/C14H18ClN3O3/c15-11-4-3-10(13(8-11)18(20)21)9-16-7-1-2-14(19)17-12-5-6-12/h3-4,8,12,16H,1-2,5-7,9H2,(H,17,19). The van der Waals surface area contributed by atoms with Crippen LogP contribution in [0.5, 0.6) is 0 Å². The molecule has 0 unspecified atom stereocenters. The van der Waals surface area contributed by atoms with Crippen molar-refractivity contribution in [2.24, 2.45) is 0 Å². The molecule has 1 fully saturated rings. The zero-order valence-electron chi connectivity index (χ0n) is 11.6. The number of carbonyl (C=O) groups is 1. The number of nitrogens with zero attached hydrogens (tertiary/aromatic N) is 1. The first-order chi connectivity index (χ1) is 10.1. The van der Waals surface area contributed by atoms with Gasteiger partial charge in [0.25, 0.3) is 5.69 Å². The van der Waals surface area contributed by atoms with Crippen LogP contribution >= 0.6 is 11.6 Å². The number of nitrogens with one attached hydrogen (secondary N) is 2. The van der Waals surface area contributed by atoms with E-state index in [1.165, 1.54) is 6.07 Å². The molecular formula is C14H18ClN3O3. The highest BCUT2D eigenvalue weighted by molar-refractivity contribution is 6.30. The summed E-state index contributed by atoms with van der Waals surface area (Å²) in [5, 5.41) is 17.3. The highest BCUT2D eigenvalue weighted by atomic mass is 35.5. The minimum Gasteiger partial charge on any atom is -0.353 e. The van der Waals surface area contributed by atoms with Crippen molar-refractivity contribution in [2.75, 3.05) is 6.54 Å². The van der Waals surface area contributed by atoms with Crippen LogP contribution in [0.15, 0.2) is 18.2 Å². The maximum atomic E-state index is 11.5. The van der Waals surface area contributed by atoms with Crippen LogP contribution in [0.4, 0.5) is 5.69 Å². The number of halogens is 1. The van der Waals surface area contributed by atoms with Crippen LogP contribution in [0.3, 0.4) is 0 Å². The normalized spacial score (nSPS) is 14.0. The van der Waals surface area contributed by atoms with Gasteiger partial charge in [-0.25, -0.2) is 0 Å². The van der Waals surface area contributed by atoms with Crippen LogP contribution in [-0.2, 0) is 11.3 Å². The van der Waals surface area contributed by atoms with Crippen LogP contribution in [0.2, 0.25) is 5.02 Å². The summed E-state index contributed by atoms with van der Waals surface area (Å²) in [7, 11) is 0. The van der Waals surface area contributed by atoms with Crippen molar-refractivity contribution >= 4 is 23.2 Å². The Morgan fingerprint density at radius 3 is 2.86 bits per heavy atom. The van der Waals surface area contributed by atoms with Crippen molar-refractivity contribution in [3.05, 3.63) is 38.9 Å². The second-order valence-electron chi connectivity index (χ2n) is 5.15. The molecule has 0 saturated heterocycles. The highest BCUT2D eigenvalue weighted by Gasteiger charge is 2.22. The smallest absolute Gasteiger partial charge is 0.275 e. The van der Waals surface area contributed by atoms with Gasteiger partial charge in [-0.3, -0.25) is 14.9 Å². The summed E-state index contributed by atoms with van der Waals surface area (Å²) >= 11 is 5.76. The fraction of sp³-hybridized carbons (Fsp3) is 0.500. The molecule has 0 bridgehead atoms. The van der Waals surface area contributed by atoms with Crippen molar-refractivity contribution in [1.29, 1.82) is 0 Å². The van der Waals surface area contributed by atoms with Crippen LogP contribution < -0.4 is 10.6 Å². The third kappa shape index (κ3) is 5.32. The Morgan fingerprint density at radius 2 is 2.19 bits per heavy atom. The number of amides is 1. The van der Waals surface area contributed by atoms with E-state index in [1.807, 2.05) is 0 Å². The summed E-state index contributed by atoms with van der Waals surface area (Å²) < 4.78 is 0. The van der Waals surface area contributed by atoms with Crippen LogP contribution in [0.1, 0.15) is 31.2 Å². The number of rotatable bonds is 8. The second-order valence-corrected chi connectivity index (χ2v) is 5.59.